The molecular weight excluding hydrogens is 304 g/mol. The maximum absolute atomic E-state index is 11.9. The lowest BCUT2D eigenvalue weighted by atomic mass is 10.1. The molecule has 0 bridgehead atoms. The van der Waals surface area contributed by atoms with Crippen LogP contribution < -0.4 is 10.6 Å². The van der Waals surface area contributed by atoms with Crippen LogP contribution in [0.1, 0.15) is 45.2 Å². The molecule has 1 aromatic rings. The molecule has 1 aromatic carbocycles. The van der Waals surface area contributed by atoms with Gasteiger partial charge in [-0.15, -0.1) is 0 Å². The Morgan fingerprint density at radius 1 is 1.26 bits per heavy atom. The molecule has 0 aliphatic heterocycles. The van der Waals surface area contributed by atoms with Gasteiger partial charge in [-0.3, -0.25) is 10.1 Å². The summed E-state index contributed by atoms with van der Waals surface area (Å²) < 4.78 is 1.06. The third-order valence-corrected chi connectivity index (χ3v) is 3.62. The lowest BCUT2D eigenvalue weighted by molar-refractivity contribution is -0.122. The first-order chi connectivity index (χ1) is 9.04. The molecule has 0 saturated carbocycles. The van der Waals surface area contributed by atoms with Gasteiger partial charge in [-0.2, -0.15) is 0 Å². The van der Waals surface area contributed by atoms with E-state index in [1.165, 1.54) is 5.56 Å². The summed E-state index contributed by atoms with van der Waals surface area (Å²) in [5, 5.41) is 6.26. The van der Waals surface area contributed by atoms with E-state index in [-0.39, 0.29) is 18.0 Å². The van der Waals surface area contributed by atoms with Crippen LogP contribution in [0.3, 0.4) is 0 Å². The average molecular weight is 327 g/mol. The number of rotatable bonds is 7. The first-order valence-corrected chi connectivity index (χ1v) is 7.63. The van der Waals surface area contributed by atoms with Crippen LogP contribution in [0, 0.1) is 0 Å². The third-order valence-electron chi connectivity index (χ3n) is 3.09. The van der Waals surface area contributed by atoms with Crippen molar-refractivity contribution in [2.45, 2.75) is 45.7 Å². The van der Waals surface area contributed by atoms with Crippen molar-refractivity contribution in [1.82, 2.24) is 10.6 Å². The Balaban J connectivity index is 2.44. The van der Waals surface area contributed by atoms with Gasteiger partial charge >= 0.3 is 0 Å². The third kappa shape index (κ3) is 5.74. The highest BCUT2D eigenvalue weighted by molar-refractivity contribution is 9.10. The van der Waals surface area contributed by atoms with Crippen molar-refractivity contribution < 1.29 is 4.79 Å². The van der Waals surface area contributed by atoms with Crippen LogP contribution in [-0.4, -0.2) is 18.5 Å². The molecule has 19 heavy (non-hydrogen) atoms. The number of carbonyl (C=O) groups excluding carboxylic acids is 1. The Kier molecular flexibility index (Phi) is 7.10. The summed E-state index contributed by atoms with van der Waals surface area (Å²) >= 11 is 3.42. The Hall–Kier alpha value is -0.870. The number of hydrogen-bond acceptors (Lipinski definition) is 2. The van der Waals surface area contributed by atoms with Crippen molar-refractivity contribution in [1.29, 1.82) is 0 Å². The lowest BCUT2D eigenvalue weighted by Crippen LogP contribution is -2.43. The van der Waals surface area contributed by atoms with E-state index in [0.29, 0.717) is 0 Å². The van der Waals surface area contributed by atoms with Crippen LogP contribution in [0.15, 0.2) is 28.7 Å². The highest BCUT2D eigenvalue weighted by Gasteiger charge is 2.15. The first kappa shape index (κ1) is 16.2. The summed E-state index contributed by atoms with van der Waals surface area (Å²) in [6, 6.07) is 8.11. The molecule has 0 aromatic heterocycles. The van der Waals surface area contributed by atoms with Gasteiger partial charge in [0.25, 0.3) is 0 Å². The minimum absolute atomic E-state index is 0.0670. The highest BCUT2D eigenvalue weighted by atomic mass is 79.9. The van der Waals surface area contributed by atoms with Gasteiger partial charge in [0.15, 0.2) is 0 Å². The van der Waals surface area contributed by atoms with Crippen molar-refractivity contribution in [2.75, 3.05) is 6.54 Å². The van der Waals surface area contributed by atoms with Crippen molar-refractivity contribution in [3.63, 3.8) is 0 Å². The molecule has 2 N–H and O–H groups in total. The number of carbonyl (C=O) groups is 1. The van der Waals surface area contributed by atoms with E-state index >= 15 is 0 Å². The quantitative estimate of drug-likeness (QED) is 0.754. The molecule has 4 heteroatoms. The summed E-state index contributed by atoms with van der Waals surface area (Å²) in [5.74, 6) is 0.0670. The van der Waals surface area contributed by atoms with E-state index < -0.39 is 0 Å². The molecule has 0 heterocycles. The molecule has 1 unspecified atom stereocenters. The second kappa shape index (κ2) is 8.33. The summed E-state index contributed by atoms with van der Waals surface area (Å²) in [6.07, 6.45) is 2.12. The Morgan fingerprint density at radius 3 is 2.47 bits per heavy atom. The largest absolute Gasteiger partial charge is 0.355 e. The maximum Gasteiger partial charge on any atom is 0.236 e. The second-order valence-corrected chi connectivity index (χ2v) is 5.72. The van der Waals surface area contributed by atoms with Gasteiger partial charge in [0.05, 0.1) is 6.04 Å². The van der Waals surface area contributed by atoms with Gasteiger partial charge in [-0.05, 0) is 38.0 Å². The number of nitrogens with one attached hydrogen (secondary N) is 2. The fraction of sp³-hybridized carbons (Fsp3) is 0.533. The first-order valence-electron chi connectivity index (χ1n) is 6.83. The zero-order chi connectivity index (χ0) is 14.3. The van der Waals surface area contributed by atoms with Crippen LogP contribution in [-0.2, 0) is 4.79 Å². The van der Waals surface area contributed by atoms with Gasteiger partial charge in [0, 0.05) is 17.1 Å². The van der Waals surface area contributed by atoms with Gasteiger partial charge in [0.2, 0.25) is 5.91 Å². The fourth-order valence-electron chi connectivity index (χ4n) is 1.84. The minimum Gasteiger partial charge on any atom is -0.355 e. The maximum atomic E-state index is 11.9. The second-order valence-electron chi connectivity index (χ2n) is 4.81. The van der Waals surface area contributed by atoms with Crippen LogP contribution in [0.5, 0.6) is 0 Å². The molecule has 0 spiro atoms. The summed E-state index contributed by atoms with van der Waals surface area (Å²) in [6.45, 7) is 6.84. The number of unbranched alkanes of at least 4 members (excludes halogenated alkanes) is 1. The van der Waals surface area contributed by atoms with Crippen molar-refractivity contribution in [2.24, 2.45) is 0 Å². The number of hydrogen-bond donors (Lipinski definition) is 2. The molecule has 0 saturated heterocycles. The van der Waals surface area contributed by atoms with E-state index in [9.17, 15) is 4.79 Å². The monoisotopic (exact) mass is 326 g/mol. The Bertz CT molecular complexity index is 392. The van der Waals surface area contributed by atoms with Gasteiger partial charge < -0.3 is 5.32 Å². The van der Waals surface area contributed by atoms with Crippen molar-refractivity contribution >= 4 is 21.8 Å². The van der Waals surface area contributed by atoms with E-state index in [1.807, 2.05) is 19.1 Å². The normalized spacial score (nSPS) is 13.9. The molecule has 1 rings (SSSR count). The zero-order valence-corrected chi connectivity index (χ0v) is 13.5. The predicted octanol–water partition coefficient (Wildman–Crippen LogP) is 3.40. The molecule has 1 amide bonds. The molecule has 106 valence electrons. The smallest absolute Gasteiger partial charge is 0.236 e. The summed E-state index contributed by atoms with van der Waals surface area (Å²) in [5.41, 5.74) is 1.18. The lowest BCUT2D eigenvalue weighted by Gasteiger charge is -2.20. The van der Waals surface area contributed by atoms with E-state index in [0.717, 1.165) is 23.9 Å². The minimum atomic E-state index is -0.185. The fourth-order valence-corrected chi connectivity index (χ4v) is 2.10. The average Bonchev–Trinajstić information content (AvgIpc) is 2.39. The van der Waals surface area contributed by atoms with E-state index in [4.69, 9.17) is 0 Å². The van der Waals surface area contributed by atoms with Gasteiger partial charge in [-0.1, -0.05) is 41.4 Å². The number of halogens is 1. The molecule has 0 radical (unpaired) electrons. The van der Waals surface area contributed by atoms with E-state index in [2.05, 4.69) is 52.5 Å². The SMILES string of the molecule is CCCCNC(=O)C(C)N[C@H](C)c1ccc(Br)cc1. The molecule has 0 fully saturated rings. The molecule has 2 atom stereocenters. The van der Waals surface area contributed by atoms with Crippen LogP contribution in [0.2, 0.25) is 0 Å². The predicted molar refractivity (Wildman–Crippen MR) is 83.1 cm³/mol. The number of benzene rings is 1. The standard InChI is InChI=1S/C15H23BrN2O/c1-4-5-10-17-15(19)12(3)18-11(2)13-6-8-14(16)9-7-13/h6-9,11-12,18H,4-5,10H2,1-3H3,(H,17,19)/t11-,12?/m1/s1. The van der Waals surface area contributed by atoms with Crippen LogP contribution in [0.25, 0.3) is 0 Å². The Labute approximate surface area is 124 Å². The molecule has 0 aliphatic carbocycles. The van der Waals surface area contributed by atoms with Crippen LogP contribution in [0.4, 0.5) is 0 Å². The molecular formula is C15H23BrN2O. The van der Waals surface area contributed by atoms with Crippen molar-refractivity contribution in [3.8, 4) is 0 Å². The van der Waals surface area contributed by atoms with Crippen LogP contribution >= 0.6 is 15.9 Å². The molecule has 0 aliphatic rings. The van der Waals surface area contributed by atoms with Crippen molar-refractivity contribution in [3.05, 3.63) is 34.3 Å². The van der Waals surface area contributed by atoms with E-state index in [1.54, 1.807) is 0 Å². The zero-order valence-electron chi connectivity index (χ0n) is 11.9. The molecule has 3 nitrogen and oxygen atoms in total. The summed E-state index contributed by atoms with van der Waals surface area (Å²) in [4.78, 5) is 11.9. The topological polar surface area (TPSA) is 41.1 Å². The van der Waals surface area contributed by atoms with Gasteiger partial charge in [-0.25, -0.2) is 0 Å². The number of amides is 1. The van der Waals surface area contributed by atoms with Gasteiger partial charge in [0.1, 0.15) is 0 Å². The Morgan fingerprint density at radius 2 is 1.89 bits per heavy atom. The highest BCUT2D eigenvalue weighted by Crippen LogP contribution is 2.16. The summed E-state index contributed by atoms with van der Waals surface area (Å²) in [7, 11) is 0.